The molecule has 1 aromatic rings. The molecular weight excluding hydrogens is 333 g/mol. The molecule has 1 aromatic carbocycles. The monoisotopic (exact) mass is 353 g/mol. The smallest absolute Gasteiger partial charge is 0.435 e. The first kappa shape index (κ1) is 20.2. The third kappa shape index (κ3) is 3.62. The summed E-state index contributed by atoms with van der Waals surface area (Å²) in [6, 6.07) is 2.91. The largest absolute Gasteiger partial charge is 0.471 e. The van der Waals surface area contributed by atoms with Crippen LogP contribution in [0, 0.1) is 6.92 Å². The Morgan fingerprint density at radius 3 is 2.38 bits per heavy atom. The number of alkyl halides is 5. The summed E-state index contributed by atoms with van der Waals surface area (Å²) in [5, 5.41) is 0. The van der Waals surface area contributed by atoms with Crippen LogP contribution in [0.1, 0.15) is 38.0 Å². The van der Waals surface area contributed by atoms with Gasteiger partial charge in [-0.15, -0.1) is 0 Å². The van der Waals surface area contributed by atoms with Gasteiger partial charge in [0.1, 0.15) is 5.75 Å². The molecule has 0 radical (unpaired) electrons. The predicted octanol–water partition coefficient (Wildman–Crippen LogP) is 4.41. The highest BCUT2D eigenvalue weighted by Crippen LogP contribution is 2.40. The van der Waals surface area contributed by atoms with Crippen LogP contribution in [0.3, 0.4) is 0 Å². The maximum absolute atomic E-state index is 12.8. The van der Waals surface area contributed by atoms with Gasteiger partial charge in [-0.3, -0.25) is 4.79 Å². The van der Waals surface area contributed by atoms with Crippen molar-refractivity contribution in [2.45, 2.75) is 52.9 Å². The minimum Gasteiger partial charge on any atom is -0.435 e. The minimum absolute atomic E-state index is 0. The van der Waals surface area contributed by atoms with E-state index in [0.717, 1.165) is 10.5 Å². The predicted molar refractivity (Wildman–Crippen MR) is 79.0 cm³/mol. The average Bonchev–Trinajstić information content (AvgIpc) is 2.38. The molecule has 0 bridgehead atoms. The quantitative estimate of drug-likeness (QED) is 0.737. The maximum Gasteiger partial charge on any atom is 0.471 e. The van der Waals surface area contributed by atoms with Gasteiger partial charge in [-0.2, -0.15) is 22.0 Å². The second kappa shape index (κ2) is 6.57. The number of amides is 1. The van der Waals surface area contributed by atoms with Crippen LogP contribution in [0.15, 0.2) is 12.1 Å². The van der Waals surface area contributed by atoms with Crippen molar-refractivity contribution in [1.29, 1.82) is 0 Å². The Balaban J connectivity index is 0.00000288. The van der Waals surface area contributed by atoms with Gasteiger partial charge in [0, 0.05) is 6.54 Å². The van der Waals surface area contributed by atoms with Crippen LogP contribution in [0.5, 0.6) is 5.75 Å². The van der Waals surface area contributed by atoms with Crippen LogP contribution in [0.2, 0.25) is 0 Å². The molecule has 0 N–H and O–H groups in total. The van der Waals surface area contributed by atoms with Gasteiger partial charge >= 0.3 is 18.7 Å². The molecule has 0 spiro atoms. The zero-order valence-corrected chi connectivity index (χ0v) is 12.8. The number of carbonyl (C=O) groups excluding carboxylic acids is 1. The van der Waals surface area contributed by atoms with Gasteiger partial charge in [0.2, 0.25) is 0 Å². The van der Waals surface area contributed by atoms with Crippen molar-refractivity contribution in [2.24, 2.45) is 0 Å². The normalized spacial score (nSPS) is 16.5. The number of carbonyl (C=O) groups is 1. The molecule has 0 aliphatic carbocycles. The van der Waals surface area contributed by atoms with E-state index in [1.165, 1.54) is 19.9 Å². The van der Waals surface area contributed by atoms with E-state index in [0.29, 0.717) is 11.1 Å². The Labute approximate surface area is 137 Å². The van der Waals surface area contributed by atoms with E-state index in [1.54, 1.807) is 13.0 Å². The number of nitrogens with zero attached hydrogens (tertiary/aromatic N) is 1. The molecule has 1 aliphatic rings. The molecule has 0 fully saturated rings. The van der Waals surface area contributed by atoms with Crippen molar-refractivity contribution < 1.29 is 31.5 Å². The molecule has 3 nitrogen and oxygen atoms in total. The van der Waals surface area contributed by atoms with Gasteiger partial charge in [0.05, 0.1) is 5.54 Å². The van der Waals surface area contributed by atoms with E-state index in [4.69, 9.17) is 0 Å². The Morgan fingerprint density at radius 2 is 1.88 bits per heavy atom. The summed E-state index contributed by atoms with van der Waals surface area (Å²) < 4.78 is 67.6. The van der Waals surface area contributed by atoms with Crippen LogP contribution in [-0.4, -0.2) is 30.1 Å². The molecular formula is C16H20F5NO2. The molecule has 0 atom stereocenters. The van der Waals surface area contributed by atoms with Crippen LogP contribution in [0.4, 0.5) is 22.0 Å². The molecule has 0 saturated heterocycles. The van der Waals surface area contributed by atoms with Crippen molar-refractivity contribution >= 4 is 5.91 Å². The van der Waals surface area contributed by atoms with Crippen molar-refractivity contribution in [3.05, 3.63) is 28.8 Å². The number of aryl methyl sites for hydroxylation is 1. The molecule has 1 heterocycles. The fourth-order valence-electron chi connectivity index (χ4n) is 2.91. The molecule has 136 valence electrons. The molecule has 0 saturated carbocycles. The number of hydrogen-bond donors (Lipinski definition) is 0. The zero-order valence-electron chi connectivity index (χ0n) is 12.8. The molecule has 24 heavy (non-hydrogen) atoms. The van der Waals surface area contributed by atoms with E-state index in [-0.39, 0.29) is 26.1 Å². The number of rotatable bonds is 2. The highest BCUT2D eigenvalue weighted by Gasteiger charge is 2.49. The lowest BCUT2D eigenvalue weighted by Gasteiger charge is -2.44. The lowest BCUT2D eigenvalue weighted by atomic mass is 9.82. The molecule has 1 aliphatic heterocycles. The molecule has 1 amide bonds. The van der Waals surface area contributed by atoms with Crippen LogP contribution in [0.25, 0.3) is 0 Å². The van der Waals surface area contributed by atoms with Crippen LogP contribution >= 0.6 is 0 Å². The SMILES string of the molecule is C.Cc1cc2c(cc1OC(F)F)C(C)(C)N(C(=O)C(F)(F)F)CC2. The molecule has 0 unspecified atom stereocenters. The third-order valence-electron chi connectivity index (χ3n) is 4.04. The van der Waals surface area contributed by atoms with Gasteiger partial charge in [0.25, 0.3) is 0 Å². The number of fused-ring (bicyclic) bond motifs is 1. The summed E-state index contributed by atoms with van der Waals surface area (Å²) in [5.41, 5.74) is 0.284. The van der Waals surface area contributed by atoms with E-state index in [2.05, 4.69) is 4.74 Å². The zero-order chi connectivity index (χ0) is 17.6. The highest BCUT2D eigenvalue weighted by atomic mass is 19.4. The van der Waals surface area contributed by atoms with Gasteiger partial charge in [-0.1, -0.05) is 13.5 Å². The van der Waals surface area contributed by atoms with Gasteiger partial charge in [0.15, 0.2) is 0 Å². The first-order valence-corrected chi connectivity index (χ1v) is 6.92. The van der Waals surface area contributed by atoms with Gasteiger partial charge in [-0.05, 0) is 49.9 Å². The van der Waals surface area contributed by atoms with Crippen molar-refractivity contribution in [2.75, 3.05) is 6.54 Å². The Kier molecular flexibility index (Phi) is 5.52. The summed E-state index contributed by atoms with van der Waals surface area (Å²) in [7, 11) is 0. The number of ether oxygens (including phenoxy) is 1. The van der Waals surface area contributed by atoms with Crippen LogP contribution < -0.4 is 4.74 Å². The summed E-state index contributed by atoms with van der Waals surface area (Å²) >= 11 is 0. The standard InChI is InChI=1S/C15H16F5NO2.CH4/c1-8-6-9-4-5-21(12(22)15(18,19)20)14(2,3)10(9)7-11(8)23-13(16)17;/h6-7,13H,4-5H2,1-3H3;1H4. The van der Waals surface area contributed by atoms with Crippen LogP contribution in [-0.2, 0) is 16.8 Å². The Morgan fingerprint density at radius 1 is 1.29 bits per heavy atom. The summed E-state index contributed by atoms with van der Waals surface area (Å²) in [6.45, 7) is 1.36. The summed E-state index contributed by atoms with van der Waals surface area (Å²) in [6.07, 6.45) is -4.77. The minimum atomic E-state index is -4.98. The average molecular weight is 353 g/mol. The highest BCUT2D eigenvalue weighted by molar-refractivity contribution is 5.83. The summed E-state index contributed by atoms with van der Waals surface area (Å²) in [5.74, 6) is -2.04. The number of benzene rings is 1. The third-order valence-corrected chi connectivity index (χ3v) is 4.04. The van der Waals surface area contributed by atoms with Crippen molar-refractivity contribution in [3.8, 4) is 5.75 Å². The fraction of sp³-hybridized carbons (Fsp3) is 0.562. The Hall–Kier alpha value is -1.86. The number of halogens is 5. The second-order valence-corrected chi connectivity index (χ2v) is 5.92. The lowest BCUT2D eigenvalue weighted by Crippen LogP contribution is -2.54. The fourth-order valence-corrected chi connectivity index (χ4v) is 2.91. The second-order valence-electron chi connectivity index (χ2n) is 5.92. The topological polar surface area (TPSA) is 29.5 Å². The van der Waals surface area contributed by atoms with E-state index in [9.17, 15) is 26.7 Å². The van der Waals surface area contributed by atoms with Gasteiger partial charge in [-0.25, -0.2) is 0 Å². The molecule has 8 heteroatoms. The number of hydrogen-bond acceptors (Lipinski definition) is 2. The van der Waals surface area contributed by atoms with E-state index < -0.39 is 24.2 Å². The Bertz CT molecular complexity index is 626. The van der Waals surface area contributed by atoms with Gasteiger partial charge < -0.3 is 9.64 Å². The van der Waals surface area contributed by atoms with E-state index in [1.807, 2.05) is 0 Å². The maximum atomic E-state index is 12.8. The molecule has 0 aromatic heterocycles. The van der Waals surface area contributed by atoms with E-state index >= 15 is 0 Å². The summed E-state index contributed by atoms with van der Waals surface area (Å²) in [4.78, 5) is 12.3. The molecule has 2 rings (SSSR count). The lowest BCUT2D eigenvalue weighted by molar-refractivity contribution is -0.191. The first-order valence-electron chi connectivity index (χ1n) is 6.92. The first-order chi connectivity index (χ1) is 10.4. The van der Waals surface area contributed by atoms with Crippen molar-refractivity contribution in [1.82, 2.24) is 4.90 Å². The van der Waals surface area contributed by atoms with Crippen molar-refractivity contribution in [3.63, 3.8) is 0 Å².